The summed E-state index contributed by atoms with van der Waals surface area (Å²) in [7, 11) is -2.32. The number of rotatable bonds is 4. The Morgan fingerprint density at radius 1 is 1.29 bits per heavy atom. The number of nitriles is 1. The Hall–Kier alpha value is -2.30. The lowest BCUT2D eigenvalue weighted by Gasteiger charge is -2.12. The van der Waals surface area contributed by atoms with Gasteiger partial charge in [-0.05, 0) is 30.3 Å². The number of hydrogen-bond donors (Lipinski definition) is 2. The van der Waals surface area contributed by atoms with E-state index in [0.29, 0.717) is 11.3 Å². The molecule has 0 amide bonds. The van der Waals surface area contributed by atoms with Gasteiger partial charge < -0.3 is 5.32 Å². The van der Waals surface area contributed by atoms with Crippen LogP contribution in [0.2, 0.25) is 5.02 Å². The highest BCUT2D eigenvalue weighted by atomic mass is 35.5. The number of nitrogens with zero attached hydrogens (tertiary/aromatic N) is 2. The molecule has 6 nitrogen and oxygen atoms in total. The van der Waals surface area contributed by atoms with Gasteiger partial charge in [0.25, 0.3) is 10.0 Å². The van der Waals surface area contributed by atoms with Gasteiger partial charge in [-0.2, -0.15) is 13.7 Å². The molecule has 0 saturated carbocycles. The van der Waals surface area contributed by atoms with Crippen LogP contribution in [0.1, 0.15) is 5.56 Å². The molecule has 1 heterocycles. The van der Waals surface area contributed by atoms with Crippen molar-refractivity contribution in [1.82, 2.24) is 4.98 Å². The molecule has 21 heavy (non-hydrogen) atoms. The molecule has 2 N–H and O–H groups in total. The Morgan fingerprint density at radius 3 is 2.71 bits per heavy atom. The number of benzene rings is 1. The van der Waals surface area contributed by atoms with Crippen LogP contribution >= 0.6 is 11.6 Å². The van der Waals surface area contributed by atoms with Crippen molar-refractivity contribution in [2.24, 2.45) is 0 Å². The average Bonchev–Trinajstić information content (AvgIpc) is 2.49. The Labute approximate surface area is 127 Å². The van der Waals surface area contributed by atoms with Gasteiger partial charge in [0.15, 0.2) is 5.03 Å². The summed E-state index contributed by atoms with van der Waals surface area (Å²) < 4.78 is 27.1. The molecule has 108 valence electrons. The highest BCUT2D eigenvalue weighted by Gasteiger charge is 2.21. The van der Waals surface area contributed by atoms with Crippen LogP contribution in [0.15, 0.2) is 41.6 Å². The van der Waals surface area contributed by atoms with E-state index in [1.165, 1.54) is 24.4 Å². The second-order valence-electron chi connectivity index (χ2n) is 4.02. The highest BCUT2D eigenvalue weighted by Crippen LogP contribution is 2.27. The topological polar surface area (TPSA) is 94.9 Å². The minimum Gasteiger partial charge on any atom is -0.386 e. The molecule has 0 atom stereocenters. The molecule has 0 bridgehead atoms. The van der Waals surface area contributed by atoms with Crippen molar-refractivity contribution in [2.45, 2.75) is 5.03 Å². The molecule has 1 aromatic heterocycles. The molecule has 0 radical (unpaired) electrons. The van der Waals surface area contributed by atoms with Gasteiger partial charge >= 0.3 is 0 Å². The first kappa shape index (κ1) is 15.1. The van der Waals surface area contributed by atoms with Crippen molar-refractivity contribution in [1.29, 1.82) is 5.26 Å². The van der Waals surface area contributed by atoms with E-state index in [0.717, 1.165) is 0 Å². The van der Waals surface area contributed by atoms with E-state index in [2.05, 4.69) is 15.0 Å². The van der Waals surface area contributed by atoms with Gasteiger partial charge in [-0.3, -0.25) is 4.72 Å². The quantitative estimate of drug-likeness (QED) is 0.901. The van der Waals surface area contributed by atoms with E-state index in [4.69, 9.17) is 16.9 Å². The third kappa shape index (κ3) is 3.24. The normalized spacial score (nSPS) is 10.7. The molecule has 8 heteroatoms. The summed E-state index contributed by atoms with van der Waals surface area (Å²) in [5.41, 5.74) is 0.785. The van der Waals surface area contributed by atoms with Gasteiger partial charge in [-0.1, -0.05) is 11.6 Å². The molecule has 2 rings (SSSR count). The Bertz CT molecular complexity index is 815. The molecule has 0 aliphatic heterocycles. The Kier molecular flexibility index (Phi) is 4.31. The van der Waals surface area contributed by atoms with Crippen LogP contribution in [0.3, 0.4) is 0 Å². The summed E-state index contributed by atoms with van der Waals surface area (Å²) in [6.07, 6.45) is 1.38. The molecule has 1 aromatic carbocycles. The van der Waals surface area contributed by atoms with E-state index < -0.39 is 10.0 Å². The predicted molar refractivity (Wildman–Crippen MR) is 80.8 cm³/mol. The number of sulfonamides is 1. The molecular weight excluding hydrogens is 312 g/mol. The van der Waals surface area contributed by atoms with Crippen LogP contribution in [-0.4, -0.2) is 20.4 Å². The third-order valence-corrected chi connectivity index (χ3v) is 4.29. The van der Waals surface area contributed by atoms with Gasteiger partial charge in [0.1, 0.15) is 0 Å². The van der Waals surface area contributed by atoms with Gasteiger partial charge in [0.05, 0.1) is 28.0 Å². The maximum absolute atomic E-state index is 12.4. The third-order valence-electron chi connectivity index (χ3n) is 2.63. The highest BCUT2D eigenvalue weighted by molar-refractivity contribution is 7.92. The van der Waals surface area contributed by atoms with E-state index in [-0.39, 0.29) is 15.7 Å². The maximum atomic E-state index is 12.4. The van der Waals surface area contributed by atoms with Crippen LogP contribution in [0.25, 0.3) is 0 Å². The van der Waals surface area contributed by atoms with Crippen molar-refractivity contribution in [3.8, 4) is 6.07 Å². The molecule has 0 saturated heterocycles. The molecule has 0 fully saturated rings. The molecule has 0 aliphatic rings. The Morgan fingerprint density at radius 2 is 2.05 bits per heavy atom. The largest absolute Gasteiger partial charge is 0.386 e. The van der Waals surface area contributed by atoms with Crippen LogP contribution < -0.4 is 10.0 Å². The van der Waals surface area contributed by atoms with Crippen molar-refractivity contribution in [3.63, 3.8) is 0 Å². The maximum Gasteiger partial charge on any atom is 0.281 e. The number of halogens is 1. The number of pyridine rings is 1. The van der Waals surface area contributed by atoms with Crippen LogP contribution in [0.4, 0.5) is 11.4 Å². The first-order valence-corrected chi connectivity index (χ1v) is 7.69. The summed E-state index contributed by atoms with van der Waals surface area (Å²) in [6, 6.07) is 9.45. The number of nitrogens with one attached hydrogen (secondary N) is 2. The van der Waals surface area contributed by atoms with E-state index in [1.807, 2.05) is 6.07 Å². The fourth-order valence-corrected chi connectivity index (χ4v) is 3.10. The van der Waals surface area contributed by atoms with Crippen LogP contribution in [-0.2, 0) is 10.0 Å². The fraction of sp³-hybridized carbons (Fsp3) is 0.0769. The molecule has 0 unspecified atom stereocenters. The zero-order valence-electron chi connectivity index (χ0n) is 11.0. The second-order valence-corrected chi connectivity index (χ2v) is 6.02. The lowest BCUT2D eigenvalue weighted by Crippen LogP contribution is -2.16. The smallest absolute Gasteiger partial charge is 0.281 e. The summed E-state index contributed by atoms with van der Waals surface area (Å²) in [6.45, 7) is 0. The monoisotopic (exact) mass is 322 g/mol. The minimum absolute atomic E-state index is 0.128. The zero-order valence-corrected chi connectivity index (χ0v) is 12.5. The summed E-state index contributed by atoms with van der Waals surface area (Å²) >= 11 is 5.95. The lowest BCUT2D eigenvalue weighted by atomic mass is 10.2. The molecule has 2 aromatic rings. The predicted octanol–water partition coefficient (Wildman–Crippen LogP) is 2.45. The van der Waals surface area contributed by atoms with Crippen LogP contribution in [0.5, 0.6) is 0 Å². The van der Waals surface area contributed by atoms with Gasteiger partial charge in [0.2, 0.25) is 0 Å². The van der Waals surface area contributed by atoms with Crippen molar-refractivity contribution < 1.29 is 8.42 Å². The van der Waals surface area contributed by atoms with Gasteiger partial charge in [-0.25, -0.2) is 4.98 Å². The van der Waals surface area contributed by atoms with Crippen LogP contribution in [0, 0.1) is 11.3 Å². The number of aromatic nitrogens is 1. The Balaban J connectivity index is 2.45. The first-order chi connectivity index (χ1) is 9.97. The number of anilines is 2. The second kappa shape index (κ2) is 5.99. The summed E-state index contributed by atoms with van der Waals surface area (Å²) in [5.74, 6) is 0. The molecule has 0 aliphatic carbocycles. The summed E-state index contributed by atoms with van der Waals surface area (Å²) in [5, 5.41) is 11.7. The molecule has 0 spiro atoms. The first-order valence-electron chi connectivity index (χ1n) is 5.83. The van der Waals surface area contributed by atoms with Crippen molar-refractivity contribution >= 4 is 33.0 Å². The number of hydrogen-bond acceptors (Lipinski definition) is 5. The molecular formula is C13H11ClN4O2S. The zero-order chi connectivity index (χ0) is 15.5. The standard InChI is InChI=1S/C13H11ClN4O2S/c1-16-11-3-2-6-17-13(11)21(19,20)18-12-7-9(8-15)4-5-10(12)14/h2-7,16,18H,1H3. The van der Waals surface area contributed by atoms with Crippen molar-refractivity contribution in [2.75, 3.05) is 17.1 Å². The van der Waals surface area contributed by atoms with E-state index in [1.54, 1.807) is 19.2 Å². The van der Waals surface area contributed by atoms with Gasteiger partial charge in [0, 0.05) is 13.2 Å². The average molecular weight is 323 g/mol. The van der Waals surface area contributed by atoms with E-state index >= 15 is 0 Å². The SMILES string of the molecule is CNc1cccnc1S(=O)(=O)Nc1cc(C#N)ccc1Cl. The van der Waals surface area contributed by atoms with Gasteiger partial charge in [-0.15, -0.1) is 0 Å². The summed E-state index contributed by atoms with van der Waals surface area (Å²) in [4.78, 5) is 3.87. The minimum atomic E-state index is -3.92. The fourth-order valence-electron chi connectivity index (χ4n) is 1.66. The van der Waals surface area contributed by atoms with E-state index in [9.17, 15) is 8.42 Å². The lowest BCUT2D eigenvalue weighted by molar-refractivity contribution is 0.598. The van der Waals surface area contributed by atoms with Crippen molar-refractivity contribution in [3.05, 3.63) is 47.1 Å².